The first-order valence-electron chi connectivity index (χ1n) is 11.6. The molecule has 5 aromatic rings. The molecule has 0 radical (unpaired) electrons. The van der Waals surface area contributed by atoms with Crippen molar-refractivity contribution in [2.24, 2.45) is 7.05 Å². The summed E-state index contributed by atoms with van der Waals surface area (Å²) in [7, 11) is 1.85. The van der Waals surface area contributed by atoms with Gasteiger partial charge in [-0.2, -0.15) is 18.3 Å². The van der Waals surface area contributed by atoms with Crippen LogP contribution in [0.1, 0.15) is 22.5 Å². The fourth-order valence-corrected chi connectivity index (χ4v) is 4.74. The second-order valence-corrected chi connectivity index (χ2v) is 9.63. The number of hydrogen-bond donors (Lipinski definition) is 0. The molecular weight excluding hydrogens is 554 g/mol. The minimum Gasteiger partial charge on any atom is -0.486 e. The van der Waals surface area contributed by atoms with E-state index in [0.29, 0.717) is 29.1 Å². The smallest absolute Gasteiger partial charge is 0.417 e. The molecule has 4 aromatic heterocycles. The summed E-state index contributed by atoms with van der Waals surface area (Å²) in [6.07, 6.45) is -0.851. The molecule has 0 aliphatic carbocycles. The maximum atomic E-state index is 13.3. The Labute approximate surface area is 230 Å². The number of rotatable bonds is 6. The number of aromatic nitrogens is 5. The summed E-state index contributed by atoms with van der Waals surface area (Å²) in [5, 5.41) is 4.85. The van der Waals surface area contributed by atoms with Crippen molar-refractivity contribution in [2.75, 3.05) is 0 Å². The average molecular weight is 574 g/mol. The largest absolute Gasteiger partial charge is 0.486 e. The molecule has 12 heteroatoms. The number of pyridine rings is 3. The fourth-order valence-electron chi connectivity index (χ4n) is 4.30. The highest BCUT2D eigenvalue weighted by atomic mass is 35.5. The molecule has 0 atom stereocenters. The first-order valence-corrected chi connectivity index (χ1v) is 12.4. The Kier molecular flexibility index (Phi) is 7.09. The number of halogens is 5. The van der Waals surface area contributed by atoms with Gasteiger partial charge in [-0.25, -0.2) is 4.98 Å². The molecule has 1 aromatic carbocycles. The van der Waals surface area contributed by atoms with Gasteiger partial charge in [0, 0.05) is 47.8 Å². The van der Waals surface area contributed by atoms with Gasteiger partial charge in [0.15, 0.2) is 0 Å². The van der Waals surface area contributed by atoms with E-state index in [9.17, 15) is 18.0 Å². The third-order valence-electron chi connectivity index (χ3n) is 6.18. The van der Waals surface area contributed by atoms with Gasteiger partial charge in [0.2, 0.25) is 0 Å². The van der Waals surface area contributed by atoms with Crippen molar-refractivity contribution in [3.05, 3.63) is 104 Å². The highest BCUT2D eigenvalue weighted by molar-refractivity contribution is 6.31. The van der Waals surface area contributed by atoms with Crippen LogP contribution >= 0.6 is 23.2 Å². The summed E-state index contributed by atoms with van der Waals surface area (Å²) in [5.74, 6) is 0.477. The van der Waals surface area contributed by atoms with E-state index in [1.165, 1.54) is 12.3 Å². The van der Waals surface area contributed by atoms with E-state index in [2.05, 4.69) is 15.1 Å². The van der Waals surface area contributed by atoms with Crippen LogP contribution in [0.4, 0.5) is 13.2 Å². The number of hydrogen-bond acceptors (Lipinski definition) is 5. The maximum Gasteiger partial charge on any atom is 0.417 e. The van der Waals surface area contributed by atoms with Crippen LogP contribution in [0, 0.1) is 6.92 Å². The Morgan fingerprint density at radius 3 is 2.56 bits per heavy atom. The van der Waals surface area contributed by atoms with Gasteiger partial charge >= 0.3 is 6.18 Å². The molecular formula is C27H20Cl2F3N5O2. The van der Waals surface area contributed by atoms with E-state index in [1.54, 1.807) is 16.9 Å². The predicted molar refractivity (Wildman–Crippen MR) is 142 cm³/mol. The maximum absolute atomic E-state index is 13.3. The molecule has 7 nitrogen and oxygen atoms in total. The van der Waals surface area contributed by atoms with Crippen LogP contribution in [-0.4, -0.2) is 24.3 Å². The molecule has 0 amide bonds. The molecule has 0 saturated carbocycles. The van der Waals surface area contributed by atoms with Crippen molar-refractivity contribution in [1.82, 2.24) is 24.3 Å². The van der Waals surface area contributed by atoms with E-state index in [4.69, 9.17) is 27.9 Å². The molecule has 0 N–H and O–H groups in total. The molecule has 4 heterocycles. The lowest BCUT2D eigenvalue weighted by Crippen LogP contribution is -2.24. The van der Waals surface area contributed by atoms with E-state index < -0.39 is 22.3 Å². The van der Waals surface area contributed by atoms with E-state index in [1.807, 2.05) is 38.2 Å². The highest BCUT2D eigenvalue weighted by Crippen LogP contribution is 2.34. The van der Waals surface area contributed by atoms with Crippen LogP contribution in [-0.2, 0) is 26.4 Å². The summed E-state index contributed by atoms with van der Waals surface area (Å²) in [6.45, 7) is 1.52. The van der Waals surface area contributed by atoms with Gasteiger partial charge in [0.05, 0.1) is 28.5 Å². The number of nitrogens with zero attached hydrogens (tertiary/aromatic N) is 5. The minimum absolute atomic E-state index is 0.0702. The van der Waals surface area contributed by atoms with E-state index in [0.717, 1.165) is 26.9 Å². The molecule has 0 unspecified atom stereocenters. The lowest BCUT2D eigenvalue weighted by atomic mass is 10.0. The standard InChI is InChI=1S/C27H20Cl2F3N5O2/c1-15-10-18(23-7-9-34-36(23)2)17-4-3-5-24(25(17)35-15)39-14-19-20(28)6-8-33-22(19)13-37-12-16(27(30,31)32)11-21(29)26(37)38/h3-12H,13-14H2,1-2H3. The zero-order chi connectivity index (χ0) is 27.9. The van der Waals surface area contributed by atoms with E-state index in [-0.39, 0.29) is 23.9 Å². The first-order chi connectivity index (χ1) is 18.5. The predicted octanol–water partition coefficient (Wildman–Crippen LogP) is 6.45. The molecule has 0 aliphatic rings. The minimum atomic E-state index is -4.68. The Hall–Kier alpha value is -3.89. The monoisotopic (exact) mass is 573 g/mol. The van der Waals surface area contributed by atoms with Crippen molar-refractivity contribution in [3.8, 4) is 17.0 Å². The van der Waals surface area contributed by atoms with Gasteiger partial charge in [-0.05, 0) is 37.3 Å². The Balaban J connectivity index is 1.51. The number of aryl methyl sites for hydroxylation is 2. The van der Waals surface area contributed by atoms with Gasteiger partial charge in [0.25, 0.3) is 5.56 Å². The van der Waals surface area contributed by atoms with Crippen LogP contribution in [0.2, 0.25) is 10.0 Å². The number of benzene rings is 1. The lowest BCUT2D eigenvalue weighted by molar-refractivity contribution is -0.138. The topological polar surface area (TPSA) is 74.8 Å². The zero-order valence-electron chi connectivity index (χ0n) is 20.6. The van der Waals surface area contributed by atoms with Gasteiger partial charge in [0.1, 0.15) is 22.9 Å². The van der Waals surface area contributed by atoms with Gasteiger partial charge in [-0.1, -0.05) is 35.3 Å². The molecule has 0 aliphatic heterocycles. The molecule has 0 spiro atoms. The Bertz CT molecular complexity index is 1770. The number of alkyl halides is 3. The van der Waals surface area contributed by atoms with Crippen molar-refractivity contribution < 1.29 is 17.9 Å². The normalized spacial score (nSPS) is 11.8. The summed E-state index contributed by atoms with van der Waals surface area (Å²) >= 11 is 12.3. The van der Waals surface area contributed by atoms with Gasteiger partial charge in [-0.15, -0.1) is 0 Å². The number of fused-ring (bicyclic) bond motifs is 1. The number of ether oxygens (including phenoxy) is 1. The van der Waals surface area contributed by atoms with Gasteiger partial charge < -0.3 is 9.30 Å². The number of para-hydroxylation sites is 1. The Morgan fingerprint density at radius 1 is 1.05 bits per heavy atom. The SMILES string of the molecule is Cc1cc(-c2ccnn2C)c2cccc(OCc3c(Cl)ccnc3Cn3cc(C(F)(F)F)cc(Cl)c3=O)c2n1. The first kappa shape index (κ1) is 26.7. The van der Waals surface area contributed by atoms with Gasteiger partial charge in [-0.3, -0.25) is 14.5 Å². The van der Waals surface area contributed by atoms with Crippen LogP contribution < -0.4 is 10.3 Å². The molecule has 200 valence electrons. The highest BCUT2D eigenvalue weighted by Gasteiger charge is 2.32. The molecule has 0 saturated heterocycles. The van der Waals surface area contributed by atoms with Crippen LogP contribution in [0.5, 0.6) is 5.75 Å². The van der Waals surface area contributed by atoms with Crippen LogP contribution in [0.15, 0.2) is 65.8 Å². The molecule has 0 bridgehead atoms. The summed E-state index contributed by atoms with van der Waals surface area (Å²) in [4.78, 5) is 21.5. The summed E-state index contributed by atoms with van der Waals surface area (Å²) in [5.41, 5.74) is 2.08. The van der Waals surface area contributed by atoms with Crippen molar-refractivity contribution in [2.45, 2.75) is 26.3 Å². The zero-order valence-corrected chi connectivity index (χ0v) is 22.1. The molecule has 39 heavy (non-hydrogen) atoms. The van der Waals surface area contributed by atoms with Crippen molar-refractivity contribution >= 4 is 34.1 Å². The quantitative estimate of drug-likeness (QED) is 0.233. The summed E-state index contributed by atoms with van der Waals surface area (Å²) in [6, 6.07) is 11.6. The second kappa shape index (κ2) is 10.3. The summed E-state index contributed by atoms with van der Waals surface area (Å²) < 4.78 is 48.8. The van der Waals surface area contributed by atoms with Crippen molar-refractivity contribution in [3.63, 3.8) is 0 Å². The van der Waals surface area contributed by atoms with Crippen LogP contribution in [0.25, 0.3) is 22.2 Å². The van der Waals surface area contributed by atoms with Crippen LogP contribution in [0.3, 0.4) is 0 Å². The van der Waals surface area contributed by atoms with E-state index >= 15 is 0 Å². The lowest BCUT2D eigenvalue weighted by Gasteiger charge is -2.16. The molecule has 0 fully saturated rings. The fraction of sp³-hybridized carbons (Fsp3) is 0.185. The Morgan fingerprint density at radius 2 is 1.85 bits per heavy atom. The second-order valence-electron chi connectivity index (χ2n) is 8.82. The third kappa shape index (κ3) is 5.35. The molecule has 5 rings (SSSR count). The average Bonchev–Trinajstić information content (AvgIpc) is 3.31. The van der Waals surface area contributed by atoms with Crippen molar-refractivity contribution in [1.29, 1.82) is 0 Å². The third-order valence-corrected chi connectivity index (χ3v) is 6.80.